The number of benzene rings is 1. The van der Waals surface area contributed by atoms with Crippen molar-refractivity contribution in [3.63, 3.8) is 0 Å². The van der Waals surface area contributed by atoms with Gasteiger partial charge in [-0.3, -0.25) is 0 Å². The number of nitrogens with zero attached hydrogens (tertiary/aromatic N) is 4. The Morgan fingerprint density at radius 1 is 1.04 bits per heavy atom. The van der Waals surface area contributed by atoms with Crippen molar-refractivity contribution in [2.24, 2.45) is 0 Å². The Balaban J connectivity index is 1.41. The molecule has 0 aliphatic rings. The molecule has 0 saturated heterocycles. The van der Waals surface area contributed by atoms with Gasteiger partial charge in [0.2, 0.25) is 5.13 Å². The van der Waals surface area contributed by atoms with Crippen molar-refractivity contribution in [2.45, 2.75) is 10.1 Å². The first-order valence-electron chi connectivity index (χ1n) is 7.08. The average molecular weight is 339 g/mol. The molecule has 0 spiro atoms. The lowest BCUT2D eigenvalue weighted by Gasteiger charge is -1.99. The van der Waals surface area contributed by atoms with Gasteiger partial charge in [0.1, 0.15) is 5.65 Å². The molecule has 0 fully saturated rings. The summed E-state index contributed by atoms with van der Waals surface area (Å²) in [4.78, 5) is 4.59. The second kappa shape index (κ2) is 6.39. The lowest BCUT2D eigenvalue weighted by atomic mass is 10.3. The first-order chi connectivity index (χ1) is 11.4. The zero-order valence-electron chi connectivity index (χ0n) is 12.1. The number of hydrogen-bond acceptors (Lipinski definition) is 6. The van der Waals surface area contributed by atoms with E-state index in [0.717, 1.165) is 32.3 Å². The minimum absolute atomic E-state index is 0.779. The van der Waals surface area contributed by atoms with Crippen LogP contribution < -0.4 is 5.32 Å². The summed E-state index contributed by atoms with van der Waals surface area (Å²) in [7, 11) is 0. The third kappa shape index (κ3) is 3.35. The van der Waals surface area contributed by atoms with Crippen LogP contribution in [0, 0.1) is 0 Å². The van der Waals surface area contributed by atoms with Crippen molar-refractivity contribution in [1.29, 1.82) is 0 Å². The number of fused-ring (bicyclic) bond motifs is 1. The van der Waals surface area contributed by atoms with Gasteiger partial charge in [0.15, 0.2) is 4.34 Å². The third-order valence-corrected chi connectivity index (χ3v) is 5.19. The van der Waals surface area contributed by atoms with Gasteiger partial charge < -0.3 is 9.72 Å². The number of thioether (sulfide) groups is 1. The van der Waals surface area contributed by atoms with E-state index in [4.69, 9.17) is 0 Å². The highest BCUT2D eigenvalue weighted by Crippen LogP contribution is 2.29. The predicted molar refractivity (Wildman–Crippen MR) is 94.4 cm³/mol. The monoisotopic (exact) mass is 339 g/mol. The molecule has 4 rings (SSSR count). The van der Waals surface area contributed by atoms with E-state index in [1.807, 2.05) is 65.3 Å². The fourth-order valence-corrected chi connectivity index (χ4v) is 3.81. The summed E-state index contributed by atoms with van der Waals surface area (Å²) in [6.07, 6.45) is 4.05. The van der Waals surface area contributed by atoms with Gasteiger partial charge in [-0.05, 0) is 24.3 Å². The zero-order chi connectivity index (χ0) is 15.5. The maximum Gasteiger partial charge on any atom is 0.210 e. The minimum atomic E-state index is 0.779. The number of para-hydroxylation sites is 1. The molecule has 114 valence electrons. The first kappa shape index (κ1) is 14.2. The molecule has 0 bridgehead atoms. The minimum Gasteiger partial charge on any atom is -0.330 e. The highest BCUT2D eigenvalue weighted by Gasteiger charge is 2.07. The summed E-state index contributed by atoms with van der Waals surface area (Å²) >= 11 is 3.20. The molecule has 0 aliphatic carbocycles. The summed E-state index contributed by atoms with van der Waals surface area (Å²) in [6, 6.07) is 16.0. The zero-order valence-corrected chi connectivity index (χ0v) is 13.7. The van der Waals surface area contributed by atoms with Crippen LogP contribution in [0.2, 0.25) is 0 Å². The van der Waals surface area contributed by atoms with Crippen molar-refractivity contribution in [3.8, 4) is 0 Å². The van der Waals surface area contributed by atoms with Gasteiger partial charge in [0.05, 0.1) is 5.69 Å². The molecule has 0 aliphatic heterocycles. The molecule has 3 heterocycles. The number of imidazole rings is 1. The number of anilines is 2. The Kier molecular flexibility index (Phi) is 3.95. The highest BCUT2D eigenvalue weighted by atomic mass is 32.2. The summed E-state index contributed by atoms with van der Waals surface area (Å²) in [5.74, 6) is 0.779. The summed E-state index contributed by atoms with van der Waals surface area (Å²) in [6.45, 7) is 0. The van der Waals surface area contributed by atoms with Crippen LogP contribution in [0.3, 0.4) is 0 Å². The molecule has 0 unspecified atom stereocenters. The van der Waals surface area contributed by atoms with Gasteiger partial charge in [-0.15, -0.1) is 10.2 Å². The van der Waals surface area contributed by atoms with E-state index < -0.39 is 0 Å². The normalized spacial score (nSPS) is 11.0. The van der Waals surface area contributed by atoms with E-state index in [1.165, 1.54) is 0 Å². The van der Waals surface area contributed by atoms with Gasteiger partial charge >= 0.3 is 0 Å². The van der Waals surface area contributed by atoms with E-state index in [0.29, 0.717) is 0 Å². The molecule has 0 amide bonds. The number of rotatable bonds is 5. The molecule has 0 saturated carbocycles. The van der Waals surface area contributed by atoms with Crippen LogP contribution in [0.15, 0.2) is 65.3 Å². The summed E-state index contributed by atoms with van der Waals surface area (Å²) < 4.78 is 2.96. The Morgan fingerprint density at radius 2 is 1.91 bits per heavy atom. The Bertz CT molecular complexity index is 883. The van der Waals surface area contributed by atoms with Crippen LogP contribution in [0.4, 0.5) is 10.8 Å². The summed E-state index contributed by atoms with van der Waals surface area (Å²) in [5.41, 5.74) is 3.02. The molecule has 4 aromatic rings. The van der Waals surface area contributed by atoms with Gasteiger partial charge in [-0.25, -0.2) is 4.98 Å². The summed E-state index contributed by atoms with van der Waals surface area (Å²) in [5, 5.41) is 12.4. The van der Waals surface area contributed by atoms with Gasteiger partial charge in [-0.1, -0.05) is 47.4 Å². The van der Waals surface area contributed by atoms with Crippen molar-refractivity contribution in [1.82, 2.24) is 19.6 Å². The fraction of sp³-hybridized carbons (Fsp3) is 0.0625. The van der Waals surface area contributed by atoms with Crippen LogP contribution in [0.5, 0.6) is 0 Å². The van der Waals surface area contributed by atoms with E-state index in [9.17, 15) is 0 Å². The van der Waals surface area contributed by atoms with Gasteiger partial charge in [-0.2, -0.15) is 0 Å². The lowest BCUT2D eigenvalue weighted by molar-refractivity contribution is 1.01. The number of aromatic nitrogens is 4. The molecule has 5 nitrogen and oxygen atoms in total. The Hall–Kier alpha value is -2.38. The van der Waals surface area contributed by atoms with Crippen molar-refractivity contribution >= 4 is 39.6 Å². The predicted octanol–water partition coefficient (Wildman–Crippen LogP) is 4.22. The third-order valence-electron chi connectivity index (χ3n) is 3.19. The molecule has 23 heavy (non-hydrogen) atoms. The molecule has 1 N–H and O–H groups in total. The smallest absolute Gasteiger partial charge is 0.210 e. The van der Waals surface area contributed by atoms with E-state index in [1.54, 1.807) is 23.1 Å². The quantitative estimate of drug-likeness (QED) is 0.552. The maximum absolute atomic E-state index is 4.59. The SMILES string of the molecule is c1ccc(Nc2nnc(SCc3cn4ccccc4n3)s2)cc1. The van der Waals surface area contributed by atoms with Crippen LogP contribution in [-0.2, 0) is 5.75 Å². The number of hydrogen-bond donors (Lipinski definition) is 1. The van der Waals surface area contributed by atoms with Crippen molar-refractivity contribution in [2.75, 3.05) is 5.32 Å². The van der Waals surface area contributed by atoms with Crippen molar-refractivity contribution in [3.05, 3.63) is 66.6 Å². The standard InChI is InChI=1S/C16H13N5S2/c1-2-6-12(7-3-1)18-15-19-20-16(23-15)22-11-13-10-21-9-5-4-8-14(21)17-13/h1-10H,11H2,(H,18,19). The Morgan fingerprint density at radius 3 is 2.78 bits per heavy atom. The van der Waals surface area contributed by atoms with Crippen molar-refractivity contribution < 1.29 is 0 Å². The van der Waals surface area contributed by atoms with E-state index >= 15 is 0 Å². The Labute approximate surface area is 141 Å². The van der Waals surface area contributed by atoms with Gasteiger partial charge in [0.25, 0.3) is 0 Å². The topological polar surface area (TPSA) is 55.1 Å². The lowest BCUT2D eigenvalue weighted by Crippen LogP contribution is -1.87. The van der Waals surface area contributed by atoms with E-state index in [2.05, 4.69) is 20.5 Å². The largest absolute Gasteiger partial charge is 0.330 e. The first-order valence-corrected chi connectivity index (χ1v) is 8.88. The van der Waals surface area contributed by atoms with Gasteiger partial charge in [0, 0.05) is 23.8 Å². The molecular weight excluding hydrogens is 326 g/mol. The molecule has 0 radical (unpaired) electrons. The second-order valence-electron chi connectivity index (χ2n) is 4.85. The molecule has 7 heteroatoms. The second-order valence-corrected chi connectivity index (χ2v) is 7.05. The van der Waals surface area contributed by atoms with Crippen LogP contribution in [0.25, 0.3) is 5.65 Å². The number of nitrogens with one attached hydrogen (secondary N) is 1. The molecule has 0 atom stereocenters. The molecule has 3 aromatic heterocycles. The van der Waals surface area contributed by atoms with E-state index in [-0.39, 0.29) is 0 Å². The number of pyridine rings is 1. The maximum atomic E-state index is 4.59. The highest BCUT2D eigenvalue weighted by molar-refractivity contribution is 8.00. The average Bonchev–Trinajstić information content (AvgIpc) is 3.20. The van der Waals surface area contributed by atoms with Crippen LogP contribution in [0.1, 0.15) is 5.69 Å². The van der Waals surface area contributed by atoms with Crippen LogP contribution in [-0.4, -0.2) is 19.6 Å². The van der Waals surface area contributed by atoms with Crippen LogP contribution >= 0.6 is 23.1 Å². The molecular formula is C16H13N5S2. The fourth-order valence-electron chi connectivity index (χ4n) is 2.16. The molecule has 1 aromatic carbocycles.